The predicted molar refractivity (Wildman–Crippen MR) is 56.7 cm³/mol. The number of nitrogens with zero attached hydrogens (tertiary/aromatic N) is 3. The third-order valence-electron chi connectivity index (χ3n) is 1.97. The smallest absolute Gasteiger partial charge is 0.229 e. The van der Waals surface area contributed by atoms with E-state index in [4.69, 9.17) is 11.6 Å². The number of hydrogen-bond donors (Lipinski definition) is 0. The second-order valence-electron chi connectivity index (χ2n) is 2.99. The number of halogens is 2. The summed E-state index contributed by atoms with van der Waals surface area (Å²) in [4.78, 5) is 21.0. The molecule has 4 nitrogen and oxygen atoms in total. The van der Waals surface area contributed by atoms with E-state index in [1.165, 1.54) is 0 Å². The van der Waals surface area contributed by atoms with Gasteiger partial charge in [0.25, 0.3) is 0 Å². The number of carbonyl (C=O) groups is 1. The lowest BCUT2D eigenvalue weighted by Crippen LogP contribution is -2.25. The maximum Gasteiger partial charge on any atom is 0.229 e. The molecular weight excluding hydrogens is 269 g/mol. The van der Waals surface area contributed by atoms with E-state index in [1.54, 1.807) is 17.2 Å². The van der Waals surface area contributed by atoms with E-state index in [1.807, 2.05) is 0 Å². The summed E-state index contributed by atoms with van der Waals surface area (Å²) in [5.41, 5.74) is 0. The van der Waals surface area contributed by atoms with Gasteiger partial charge < -0.3 is 0 Å². The van der Waals surface area contributed by atoms with Crippen LogP contribution in [0.2, 0.25) is 5.28 Å². The van der Waals surface area contributed by atoms with Crippen LogP contribution in [-0.4, -0.2) is 27.2 Å². The van der Waals surface area contributed by atoms with Gasteiger partial charge in [0.1, 0.15) is 5.82 Å². The molecule has 2 heterocycles. The second-order valence-corrected chi connectivity index (χ2v) is 4.62. The first kappa shape index (κ1) is 9.86. The second kappa shape index (κ2) is 3.82. The molecule has 1 unspecified atom stereocenters. The molecule has 1 amide bonds. The Bertz CT molecular complexity index is 373. The summed E-state index contributed by atoms with van der Waals surface area (Å²) in [6, 6.07) is 1.68. The van der Waals surface area contributed by atoms with E-state index >= 15 is 0 Å². The summed E-state index contributed by atoms with van der Waals surface area (Å²) >= 11 is 9.03. The van der Waals surface area contributed by atoms with Gasteiger partial charge in [-0.2, -0.15) is 0 Å². The number of aromatic nitrogens is 2. The Morgan fingerprint density at radius 2 is 2.43 bits per heavy atom. The quantitative estimate of drug-likeness (QED) is 0.578. The molecule has 1 aliphatic rings. The van der Waals surface area contributed by atoms with Crippen molar-refractivity contribution in [1.29, 1.82) is 0 Å². The van der Waals surface area contributed by atoms with Crippen molar-refractivity contribution in [2.24, 2.45) is 0 Å². The Morgan fingerprint density at radius 3 is 3.00 bits per heavy atom. The zero-order chi connectivity index (χ0) is 10.1. The minimum absolute atomic E-state index is 0.0571. The van der Waals surface area contributed by atoms with Gasteiger partial charge in [-0.15, -0.1) is 0 Å². The molecule has 1 aromatic rings. The predicted octanol–water partition coefficient (Wildman–Crippen LogP) is 1.63. The van der Waals surface area contributed by atoms with Gasteiger partial charge in [0.15, 0.2) is 0 Å². The van der Waals surface area contributed by atoms with Gasteiger partial charge in [-0.1, -0.05) is 15.9 Å². The summed E-state index contributed by atoms with van der Waals surface area (Å²) < 4.78 is 0. The molecule has 6 heteroatoms. The van der Waals surface area contributed by atoms with E-state index in [9.17, 15) is 4.79 Å². The van der Waals surface area contributed by atoms with Crippen molar-refractivity contribution in [2.75, 3.05) is 11.4 Å². The minimum atomic E-state index is 0.0571. The molecule has 0 spiro atoms. The molecule has 1 aliphatic heterocycles. The van der Waals surface area contributed by atoms with E-state index in [-0.39, 0.29) is 16.0 Å². The first-order valence-corrected chi connectivity index (χ1v) is 5.39. The zero-order valence-electron chi connectivity index (χ0n) is 7.15. The highest BCUT2D eigenvalue weighted by molar-refractivity contribution is 9.09. The fourth-order valence-electron chi connectivity index (χ4n) is 1.36. The van der Waals surface area contributed by atoms with Crippen molar-refractivity contribution >= 4 is 39.3 Å². The highest BCUT2D eigenvalue weighted by atomic mass is 79.9. The van der Waals surface area contributed by atoms with Gasteiger partial charge in [0.2, 0.25) is 11.2 Å². The van der Waals surface area contributed by atoms with Crippen LogP contribution in [0.1, 0.15) is 6.42 Å². The molecule has 74 valence electrons. The Morgan fingerprint density at radius 1 is 1.64 bits per heavy atom. The van der Waals surface area contributed by atoms with Crippen molar-refractivity contribution in [3.63, 3.8) is 0 Å². The third kappa shape index (κ3) is 1.88. The van der Waals surface area contributed by atoms with Crippen LogP contribution >= 0.6 is 27.5 Å². The van der Waals surface area contributed by atoms with E-state index < -0.39 is 0 Å². The Hall–Kier alpha value is -0.680. The molecule has 1 fully saturated rings. The van der Waals surface area contributed by atoms with Crippen molar-refractivity contribution < 1.29 is 4.79 Å². The van der Waals surface area contributed by atoms with Gasteiger partial charge in [0.05, 0.1) is 0 Å². The Kier molecular flexibility index (Phi) is 2.69. The van der Waals surface area contributed by atoms with Crippen molar-refractivity contribution in [3.05, 3.63) is 17.5 Å². The van der Waals surface area contributed by atoms with Gasteiger partial charge in [0, 0.05) is 24.0 Å². The molecular formula is C8H7BrClN3O. The van der Waals surface area contributed by atoms with Crippen LogP contribution in [0.5, 0.6) is 0 Å². The lowest BCUT2D eigenvalue weighted by atomic mass is 10.4. The van der Waals surface area contributed by atoms with Gasteiger partial charge >= 0.3 is 0 Å². The number of anilines is 1. The van der Waals surface area contributed by atoms with Crippen LogP contribution < -0.4 is 4.90 Å². The topological polar surface area (TPSA) is 46.1 Å². The summed E-state index contributed by atoms with van der Waals surface area (Å²) in [7, 11) is 0. The monoisotopic (exact) mass is 275 g/mol. The number of rotatable bonds is 1. The van der Waals surface area contributed by atoms with Crippen molar-refractivity contribution in [2.45, 2.75) is 11.2 Å². The molecule has 1 atom stereocenters. The zero-order valence-corrected chi connectivity index (χ0v) is 9.49. The van der Waals surface area contributed by atoms with Gasteiger partial charge in [-0.25, -0.2) is 9.97 Å². The molecule has 0 N–H and O–H groups in total. The maximum absolute atomic E-state index is 11.5. The summed E-state index contributed by atoms with van der Waals surface area (Å²) in [5, 5.41) is 0.160. The lowest BCUT2D eigenvalue weighted by molar-refractivity contribution is -0.117. The van der Waals surface area contributed by atoms with E-state index in [0.29, 0.717) is 18.8 Å². The molecule has 0 aromatic carbocycles. The van der Waals surface area contributed by atoms with Crippen LogP contribution in [-0.2, 0) is 4.79 Å². The lowest BCUT2D eigenvalue weighted by Gasteiger charge is -2.13. The number of alkyl halides is 1. The molecule has 0 aliphatic carbocycles. The molecule has 1 aromatic heterocycles. The highest BCUT2D eigenvalue weighted by Crippen LogP contribution is 2.23. The number of carbonyl (C=O) groups excluding carboxylic acids is 1. The van der Waals surface area contributed by atoms with Crippen LogP contribution in [0.4, 0.5) is 5.82 Å². The third-order valence-corrected chi connectivity index (χ3v) is 2.76. The van der Waals surface area contributed by atoms with Gasteiger partial charge in [-0.05, 0) is 17.7 Å². The molecule has 2 rings (SSSR count). The fraction of sp³-hybridized carbons (Fsp3) is 0.375. The standard InChI is InChI=1S/C8H7BrClN3O/c9-5-3-7(14)13(4-5)6-1-2-11-8(10)12-6/h1-2,5H,3-4H2. The maximum atomic E-state index is 11.5. The molecule has 0 bridgehead atoms. The summed E-state index contributed by atoms with van der Waals surface area (Å²) in [6.45, 7) is 0.631. The first-order valence-electron chi connectivity index (χ1n) is 4.10. The van der Waals surface area contributed by atoms with Crippen molar-refractivity contribution in [3.8, 4) is 0 Å². The SMILES string of the molecule is O=C1CC(Br)CN1c1ccnc(Cl)n1. The summed E-state index contributed by atoms with van der Waals surface area (Å²) in [5.74, 6) is 0.624. The average Bonchev–Trinajstić information content (AvgIpc) is 2.45. The molecule has 14 heavy (non-hydrogen) atoms. The minimum Gasteiger partial charge on any atom is -0.296 e. The average molecular weight is 277 g/mol. The van der Waals surface area contributed by atoms with E-state index in [0.717, 1.165) is 0 Å². The van der Waals surface area contributed by atoms with Crippen LogP contribution in [0.3, 0.4) is 0 Å². The van der Waals surface area contributed by atoms with Crippen LogP contribution in [0.15, 0.2) is 12.3 Å². The fourth-order valence-corrected chi connectivity index (χ4v) is 2.07. The van der Waals surface area contributed by atoms with Crippen LogP contribution in [0.25, 0.3) is 0 Å². The Balaban J connectivity index is 2.27. The largest absolute Gasteiger partial charge is 0.296 e. The Labute approximate surface area is 94.4 Å². The molecule has 1 saturated heterocycles. The number of hydrogen-bond acceptors (Lipinski definition) is 3. The van der Waals surface area contributed by atoms with Gasteiger partial charge in [-0.3, -0.25) is 9.69 Å². The number of amides is 1. The van der Waals surface area contributed by atoms with E-state index in [2.05, 4.69) is 25.9 Å². The normalized spacial score (nSPS) is 21.7. The summed E-state index contributed by atoms with van der Waals surface area (Å²) in [6.07, 6.45) is 2.04. The van der Waals surface area contributed by atoms with Crippen LogP contribution in [0, 0.1) is 0 Å². The molecule has 0 saturated carbocycles. The molecule has 0 radical (unpaired) electrons. The first-order chi connectivity index (χ1) is 6.66. The highest BCUT2D eigenvalue weighted by Gasteiger charge is 2.29. The van der Waals surface area contributed by atoms with Crippen molar-refractivity contribution in [1.82, 2.24) is 9.97 Å².